The Bertz CT molecular complexity index is 319. The Morgan fingerprint density at radius 2 is 1.71 bits per heavy atom. The molecule has 1 saturated heterocycles. The van der Waals surface area contributed by atoms with Crippen molar-refractivity contribution in [1.82, 2.24) is 0 Å². The number of cyclic esters (lactones) is 1. The first-order chi connectivity index (χ1) is 6.41. The quantitative estimate of drug-likeness (QED) is 0.640. The predicted molar refractivity (Wildman–Crippen MR) is 49.5 cm³/mol. The first kappa shape index (κ1) is 11.0. The molecule has 0 N–H and O–H groups in total. The predicted octanol–water partition coefficient (Wildman–Crippen LogP) is 0.816. The van der Waals surface area contributed by atoms with Crippen LogP contribution in [0.5, 0.6) is 0 Å². The third kappa shape index (κ3) is 1.48. The molecule has 1 fully saturated rings. The van der Waals surface area contributed by atoms with E-state index in [2.05, 4.69) is 4.74 Å². The summed E-state index contributed by atoms with van der Waals surface area (Å²) in [6.07, 6.45) is -0.253. The molecule has 6 heteroatoms. The van der Waals surface area contributed by atoms with Crippen LogP contribution in [0.4, 0.5) is 4.79 Å². The van der Waals surface area contributed by atoms with E-state index >= 15 is 0 Å². The van der Waals surface area contributed by atoms with Crippen molar-refractivity contribution in [3.05, 3.63) is 0 Å². The molecule has 0 atom stereocenters. The second-order valence-electron chi connectivity index (χ2n) is 3.10. The van der Waals surface area contributed by atoms with Crippen LogP contribution < -0.4 is 0 Å². The van der Waals surface area contributed by atoms with Gasteiger partial charge in [0.2, 0.25) is 5.78 Å². The fraction of sp³-hybridized carbons (Fsp3) is 0.500. The third-order valence-electron chi connectivity index (χ3n) is 2.16. The zero-order chi connectivity index (χ0) is 10.9. The van der Waals surface area contributed by atoms with Gasteiger partial charge in [0.05, 0.1) is 0 Å². The van der Waals surface area contributed by atoms with Crippen LogP contribution >= 0.6 is 7.26 Å². The Labute approximate surface area is 81.1 Å². The van der Waals surface area contributed by atoms with Crippen LogP contribution in [0.15, 0.2) is 0 Å². The molecule has 1 aliphatic heterocycles. The summed E-state index contributed by atoms with van der Waals surface area (Å²) in [4.78, 5) is 45.0. The first-order valence-electron chi connectivity index (χ1n) is 4.00. The molecule has 0 spiro atoms. The number of ketones is 1. The summed E-state index contributed by atoms with van der Waals surface area (Å²) in [6, 6.07) is 0. The van der Waals surface area contributed by atoms with Gasteiger partial charge in [-0.15, -0.1) is 0 Å². The highest BCUT2D eigenvalue weighted by atomic mass is 31.2. The van der Waals surface area contributed by atoms with E-state index in [0.717, 1.165) is 13.8 Å². The van der Waals surface area contributed by atoms with Crippen molar-refractivity contribution < 1.29 is 23.9 Å². The number of Topliss-reactive ketones (excluding diaryl/α,β-unsaturated/α-hetero) is 1. The third-order valence-corrected chi connectivity index (χ3v) is 5.89. The van der Waals surface area contributed by atoms with E-state index in [4.69, 9.17) is 0 Å². The van der Waals surface area contributed by atoms with Crippen LogP contribution in [-0.2, 0) is 19.1 Å². The molecule has 0 aromatic carbocycles. The van der Waals surface area contributed by atoms with Crippen LogP contribution in [0.3, 0.4) is 0 Å². The minimum absolute atomic E-state index is 0.253. The topological polar surface area (TPSA) is 77.5 Å². The molecule has 14 heavy (non-hydrogen) atoms. The smallest absolute Gasteiger partial charge is 0.427 e. The van der Waals surface area contributed by atoms with Gasteiger partial charge in [-0.1, -0.05) is 0 Å². The Kier molecular flexibility index (Phi) is 2.81. The van der Waals surface area contributed by atoms with E-state index in [0.29, 0.717) is 0 Å². The molecule has 0 aromatic rings. The van der Waals surface area contributed by atoms with Gasteiger partial charge in [-0.3, -0.25) is 14.4 Å². The van der Waals surface area contributed by atoms with Crippen LogP contribution in [0.2, 0.25) is 0 Å². The summed E-state index contributed by atoms with van der Waals surface area (Å²) in [5.74, 6) is -0.358. The average Bonchev–Trinajstić information content (AvgIpc) is 2.08. The number of hydrogen-bond donors (Lipinski definition) is 0. The molecule has 1 heterocycles. The normalized spacial score (nSPS) is 20.1. The average molecular weight is 217 g/mol. The van der Waals surface area contributed by atoms with E-state index < -0.39 is 24.0 Å². The molecular weight excluding hydrogens is 207 g/mol. The number of hydrogen-bond acceptors (Lipinski definition) is 5. The number of ether oxygens (including phenoxy) is 1. The molecule has 76 valence electrons. The molecule has 0 unspecified atom stereocenters. The summed E-state index contributed by atoms with van der Waals surface area (Å²) in [5.41, 5.74) is -1.84. The van der Waals surface area contributed by atoms with Crippen LogP contribution in [0.1, 0.15) is 13.8 Å². The lowest BCUT2D eigenvalue weighted by Crippen LogP contribution is -2.34. The highest BCUT2D eigenvalue weighted by molar-refractivity contribution is 8.15. The highest BCUT2D eigenvalue weighted by Crippen LogP contribution is 2.62. The van der Waals surface area contributed by atoms with Crippen molar-refractivity contribution in [2.75, 3.05) is 12.8 Å². The summed E-state index contributed by atoms with van der Waals surface area (Å²) < 4.78 is 4.55. The largest absolute Gasteiger partial charge is 0.468 e. The van der Waals surface area contributed by atoms with Gasteiger partial charge in [0.1, 0.15) is 6.16 Å². The molecule has 0 amide bonds. The number of carbonyl (C=O) groups is 4. The van der Waals surface area contributed by atoms with Gasteiger partial charge >= 0.3 is 5.71 Å². The summed E-state index contributed by atoms with van der Waals surface area (Å²) in [6.45, 7) is 2.01. The minimum atomic E-state index is -3.17. The Hall–Kier alpha value is -1.09. The van der Waals surface area contributed by atoms with Gasteiger partial charge in [0.25, 0.3) is 18.3 Å². The number of rotatable bonds is 2. The lowest BCUT2D eigenvalue weighted by Gasteiger charge is -2.20. The van der Waals surface area contributed by atoms with E-state index in [1.54, 1.807) is 0 Å². The monoisotopic (exact) mass is 217 g/mol. The SMILES string of the molecule is CC(=O)[P+]1(C(C)=O)CC(=O)COC1=O. The van der Waals surface area contributed by atoms with Gasteiger partial charge in [-0.25, -0.2) is 4.79 Å². The molecule has 0 aliphatic carbocycles. The first-order valence-corrected chi connectivity index (χ1v) is 5.98. The van der Waals surface area contributed by atoms with Crippen LogP contribution in [0.25, 0.3) is 0 Å². The maximum Gasteiger partial charge on any atom is 0.468 e. The Morgan fingerprint density at radius 3 is 2.07 bits per heavy atom. The van der Waals surface area contributed by atoms with Gasteiger partial charge in [0, 0.05) is 13.8 Å². The second-order valence-corrected chi connectivity index (χ2v) is 6.66. The zero-order valence-corrected chi connectivity index (χ0v) is 8.80. The van der Waals surface area contributed by atoms with E-state index in [1.165, 1.54) is 0 Å². The molecule has 1 rings (SSSR count). The Balaban J connectivity index is 3.18. The maximum absolute atomic E-state index is 11.4. The van der Waals surface area contributed by atoms with E-state index in [-0.39, 0.29) is 18.6 Å². The fourth-order valence-electron chi connectivity index (χ4n) is 1.33. The molecule has 1 aliphatic rings. The summed E-state index contributed by atoms with van der Waals surface area (Å²) in [7, 11) is -3.17. The molecule has 5 nitrogen and oxygen atoms in total. The van der Waals surface area contributed by atoms with Gasteiger partial charge in [-0.2, -0.15) is 0 Å². The summed E-state index contributed by atoms with van der Waals surface area (Å²) >= 11 is 0. The fourth-order valence-corrected chi connectivity index (χ4v) is 3.77. The van der Waals surface area contributed by atoms with Gasteiger partial charge in [-0.05, 0) is 0 Å². The van der Waals surface area contributed by atoms with Crippen LogP contribution in [0, 0.1) is 0 Å². The molecule has 0 saturated carbocycles. The second kappa shape index (κ2) is 3.58. The van der Waals surface area contributed by atoms with Crippen molar-refractivity contribution in [2.24, 2.45) is 0 Å². The summed E-state index contributed by atoms with van der Waals surface area (Å²) in [5, 5.41) is 0. The highest BCUT2D eigenvalue weighted by Gasteiger charge is 2.63. The Morgan fingerprint density at radius 1 is 1.21 bits per heavy atom. The maximum atomic E-state index is 11.4. The van der Waals surface area contributed by atoms with Gasteiger partial charge in [0.15, 0.2) is 6.61 Å². The lowest BCUT2D eigenvalue weighted by atomic mass is 10.5. The van der Waals surface area contributed by atoms with Gasteiger partial charge < -0.3 is 4.74 Å². The van der Waals surface area contributed by atoms with Crippen molar-refractivity contribution >= 4 is 29.8 Å². The zero-order valence-electron chi connectivity index (χ0n) is 7.90. The van der Waals surface area contributed by atoms with Crippen molar-refractivity contribution in [1.29, 1.82) is 0 Å². The van der Waals surface area contributed by atoms with E-state index in [9.17, 15) is 19.2 Å². The van der Waals surface area contributed by atoms with Crippen molar-refractivity contribution in [3.8, 4) is 0 Å². The van der Waals surface area contributed by atoms with Crippen molar-refractivity contribution in [2.45, 2.75) is 13.8 Å². The van der Waals surface area contributed by atoms with Crippen molar-refractivity contribution in [3.63, 3.8) is 0 Å². The molecule has 0 aromatic heterocycles. The molecular formula is C8H10O5P+. The number of carbonyl (C=O) groups excluding carboxylic acids is 4. The molecule has 0 radical (unpaired) electrons. The molecule has 0 bridgehead atoms. The van der Waals surface area contributed by atoms with Crippen LogP contribution in [-0.4, -0.2) is 35.3 Å². The lowest BCUT2D eigenvalue weighted by molar-refractivity contribution is -0.121. The standard InChI is InChI=1S/C8H10O5P/c1-5(9)14(6(2)10)4-7(11)3-13-8(14)12/h3-4H2,1-2H3/q+1. The minimum Gasteiger partial charge on any atom is -0.427 e. The van der Waals surface area contributed by atoms with E-state index in [1.807, 2.05) is 0 Å².